The van der Waals surface area contributed by atoms with Crippen molar-refractivity contribution in [3.63, 3.8) is 0 Å². The first-order chi connectivity index (χ1) is 9.50. The molecule has 0 radical (unpaired) electrons. The Balaban J connectivity index is 2.45. The van der Waals surface area contributed by atoms with Crippen molar-refractivity contribution in [2.75, 3.05) is 18.5 Å². The molecule has 6 nitrogen and oxygen atoms in total. The van der Waals surface area contributed by atoms with Crippen molar-refractivity contribution in [3.05, 3.63) is 42.2 Å². The zero-order chi connectivity index (χ0) is 14.8. The molecule has 2 rings (SSSR count). The average Bonchev–Trinajstić information content (AvgIpc) is 2.96. The molecule has 0 bridgehead atoms. The Morgan fingerprint density at radius 1 is 1.20 bits per heavy atom. The molecule has 0 spiro atoms. The van der Waals surface area contributed by atoms with Crippen molar-refractivity contribution in [3.8, 4) is 5.75 Å². The van der Waals surface area contributed by atoms with Crippen molar-refractivity contribution < 1.29 is 22.4 Å². The molecule has 0 saturated carbocycles. The Hall–Kier alpha value is -2.28. The van der Waals surface area contributed by atoms with E-state index in [1.54, 1.807) is 24.3 Å². The highest BCUT2D eigenvalue weighted by Crippen LogP contribution is 2.31. The molecule has 2 aromatic rings. The Labute approximate surface area is 116 Å². The van der Waals surface area contributed by atoms with Crippen LogP contribution in [0.15, 0.2) is 45.9 Å². The molecule has 0 aliphatic carbocycles. The molecule has 0 saturated heterocycles. The van der Waals surface area contributed by atoms with Crippen molar-refractivity contribution in [2.24, 2.45) is 0 Å². The highest BCUT2D eigenvalue weighted by Gasteiger charge is 2.26. The number of hydrogen-bond donors (Lipinski definition) is 0. The van der Waals surface area contributed by atoms with Crippen molar-refractivity contribution >= 4 is 22.0 Å². The second kappa shape index (κ2) is 5.38. The highest BCUT2D eigenvalue weighted by molar-refractivity contribution is 7.92. The number of benzene rings is 1. The van der Waals surface area contributed by atoms with Gasteiger partial charge < -0.3 is 9.15 Å². The zero-order valence-corrected chi connectivity index (χ0v) is 11.8. The molecule has 0 N–H and O–H groups in total. The molecule has 20 heavy (non-hydrogen) atoms. The fraction of sp³-hybridized carbons (Fsp3) is 0.154. The van der Waals surface area contributed by atoms with E-state index in [1.165, 1.54) is 26.3 Å². The van der Waals surface area contributed by atoms with E-state index in [9.17, 15) is 13.2 Å². The maximum absolute atomic E-state index is 12.4. The fourth-order valence-corrected chi connectivity index (χ4v) is 2.81. The largest absolute Gasteiger partial charge is 0.495 e. The highest BCUT2D eigenvalue weighted by atomic mass is 32.2. The number of anilines is 1. The van der Waals surface area contributed by atoms with Crippen LogP contribution in [0.1, 0.15) is 10.6 Å². The summed E-state index contributed by atoms with van der Waals surface area (Å²) >= 11 is 0. The third-order valence-electron chi connectivity index (χ3n) is 2.76. The van der Waals surface area contributed by atoms with Gasteiger partial charge in [0.1, 0.15) is 5.75 Å². The summed E-state index contributed by atoms with van der Waals surface area (Å²) in [5.41, 5.74) is 0.374. The molecule has 0 unspecified atom stereocenters. The van der Waals surface area contributed by atoms with E-state index in [2.05, 4.69) is 0 Å². The van der Waals surface area contributed by atoms with Crippen LogP contribution in [0, 0.1) is 0 Å². The summed E-state index contributed by atoms with van der Waals surface area (Å²) in [5.74, 6) is 0.373. The lowest BCUT2D eigenvalue weighted by atomic mass is 10.3. The molecule has 1 aromatic heterocycles. The van der Waals surface area contributed by atoms with Gasteiger partial charge in [0, 0.05) is 7.05 Å². The molecule has 106 valence electrons. The maximum Gasteiger partial charge on any atom is 0.297 e. The lowest BCUT2D eigenvalue weighted by Gasteiger charge is -2.20. The van der Waals surface area contributed by atoms with Crippen LogP contribution in [0.4, 0.5) is 5.69 Å². The molecule has 1 heterocycles. The quantitative estimate of drug-likeness (QED) is 0.788. The SMILES string of the molecule is COc1ccccc1N(C)S(=O)(=O)c1ccc(C=O)o1. The minimum absolute atomic E-state index is 0.0444. The van der Waals surface area contributed by atoms with Gasteiger partial charge in [0.15, 0.2) is 12.0 Å². The number of carbonyl (C=O) groups is 1. The third-order valence-corrected chi connectivity index (χ3v) is 4.40. The monoisotopic (exact) mass is 295 g/mol. The summed E-state index contributed by atoms with van der Waals surface area (Å²) in [4.78, 5) is 10.6. The predicted molar refractivity (Wildman–Crippen MR) is 72.7 cm³/mol. The van der Waals surface area contributed by atoms with Crippen LogP contribution >= 0.6 is 0 Å². The number of aldehydes is 1. The number of furan rings is 1. The standard InChI is InChI=1S/C13H13NO5S/c1-14(11-5-3-4-6-12(11)18-2)20(16,17)13-8-7-10(9-15)19-13/h3-9H,1-2H3. The van der Waals surface area contributed by atoms with Gasteiger partial charge >= 0.3 is 0 Å². The number of sulfonamides is 1. The molecule has 1 aromatic carbocycles. The maximum atomic E-state index is 12.4. The molecular formula is C13H13NO5S. The first-order valence-corrected chi connectivity index (χ1v) is 7.11. The van der Waals surface area contributed by atoms with Crippen LogP contribution in [0.25, 0.3) is 0 Å². The van der Waals surface area contributed by atoms with Crippen LogP contribution in [0.2, 0.25) is 0 Å². The predicted octanol–water partition coefficient (Wildman–Crippen LogP) is 1.93. The van der Waals surface area contributed by atoms with Crippen molar-refractivity contribution in [1.29, 1.82) is 0 Å². The molecule has 0 aliphatic rings. The third kappa shape index (κ3) is 2.39. The van der Waals surface area contributed by atoms with E-state index in [1.807, 2.05) is 0 Å². The fourth-order valence-electron chi connectivity index (χ4n) is 1.69. The molecule has 0 amide bonds. The first-order valence-electron chi connectivity index (χ1n) is 5.67. The average molecular weight is 295 g/mol. The summed E-state index contributed by atoms with van der Waals surface area (Å²) in [6.07, 6.45) is 0.447. The van der Waals surface area contributed by atoms with Gasteiger partial charge in [-0.05, 0) is 24.3 Å². The van der Waals surface area contributed by atoms with Crippen LogP contribution < -0.4 is 9.04 Å². The summed E-state index contributed by atoms with van der Waals surface area (Å²) in [6.45, 7) is 0. The Kier molecular flexibility index (Phi) is 3.80. The zero-order valence-electron chi connectivity index (χ0n) is 10.9. The smallest absolute Gasteiger partial charge is 0.297 e. The van der Waals surface area contributed by atoms with E-state index in [0.29, 0.717) is 17.7 Å². The number of nitrogens with zero attached hydrogens (tertiary/aromatic N) is 1. The van der Waals surface area contributed by atoms with Gasteiger partial charge in [-0.2, -0.15) is 8.42 Å². The van der Waals surface area contributed by atoms with Crippen LogP contribution in [-0.4, -0.2) is 28.9 Å². The minimum atomic E-state index is -3.89. The van der Waals surface area contributed by atoms with Gasteiger partial charge in [0.05, 0.1) is 12.8 Å². The molecule has 0 fully saturated rings. The molecule has 0 aliphatic heterocycles. The number of rotatable bonds is 5. The Morgan fingerprint density at radius 3 is 2.50 bits per heavy atom. The molecule has 0 atom stereocenters. The summed E-state index contributed by atoms with van der Waals surface area (Å²) < 4.78 is 35.9. The number of para-hydroxylation sites is 2. The van der Waals surface area contributed by atoms with Crippen LogP contribution in [-0.2, 0) is 10.0 Å². The molecule has 7 heteroatoms. The van der Waals surface area contributed by atoms with Crippen molar-refractivity contribution in [1.82, 2.24) is 0 Å². The van der Waals surface area contributed by atoms with Crippen LogP contribution in [0.5, 0.6) is 5.75 Å². The normalized spacial score (nSPS) is 11.1. The van der Waals surface area contributed by atoms with E-state index in [0.717, 1.165) is 4.31 Å². The Bertz CT molecular complexity index is 720. The van der Waals surface area contributed by atoms with Gasteiger partial charge in [0.2, 0.25) is 5.09 Å². The second-order valence-corrected chi connectivity index (χ2v) is 5.82. The van der Waals surface area contributed by atoms with E-state index in [-0.39, 0.29) is 10.9 Å². The van der Waals surface area contributed by atoms with Crippen LogP contribution in [0.3, 0.4) is 0 Å². The lowest BCUT2D eigenvalue weighted by Crippen LogP contribution is -2.26. The Morgan fingerprint density at radius 2 is 1.90 bits per heavy atom. The van der Waals surface area contributed by atoms with Gasteiger partial charge in [-0.15, -0.1) is 0 Å². The summed E-state index contributed by atoms with van der Waals surface area (Å²) in [6, 6.07) is 9.24. The van der Waals surface area contributed by atoms with E-state index >= 15 is 0 Å². The summed E-state index contributed by atoms with van der Waals surface area (Å²) in [5, 5.41) is -0.298. The van der Waals surface area contributed by atoms with Gasteiger partial charge in [-0.25, -0.2) is 0 Å². The molecular weight excluding hydrogens is 282 g/mol. The number of methoxy groups -OCH3 is 1. The lowest BCUT2D eigenvalue weighted by molar-refractivity contribution is 0.109. The minimum Gasteiger partial charge on any atom is -0.495 e. The van der Waals surface area contributed by atoms with E-state index < -0.39 is 10.0 Å². The van der Waals surface area contributed by atoms with Crippen molar-refractivity contribution in [2.45, 2.75) is 5.09 Å². The van der Waals surface area contributed by atoms with Gasteiger partial charge in [-0.3, -0.25) is 9.10 Å². The first kappa shape index (κ1) is 14.1. The number of ether oxygens (including phenoxy) is 1. The number of hydrogen-bond acceptors (Lipinski definition) is 5. The summed E-state index contributed by atoms with van der Waals surface area (Å²) in [7, 11) is -1.05. The topological polar surface area (TPSA) is 76.8 Å². The second-order valence-electron chi connectivity index (χ2n) is 3.92. The van der Waals surface area contributed by atoms with Gasteiger partial charge in [-0.1, -0.05) is 12.1 Å². The van der Waals surface area contributed by atoms with E-state index in [4.69, 9.17) is 9.15 Å². The van der Waals surface area contributed by atoms with Gasteiger partial charge in [0.25, 0.3) is 10.0 Å². The number of carbonyl (C=O) groups excluding carboxylic acids is 1.